The minimum atomic E-state index is -0.171. The molecule has 0 aliphatic heterocycles. The SMILES string of the molecule is COCc1nn2c(nnc3c(=O)n(C4CCCCC4C)cnc32)c1-c1ccc(Cl)cc1. The molecule has 0 N–H and O–H groups in total. The van der Waals surface area contributed by atoms with Crippen LogP contribution < -0.4 is 5.56 Å². The molecule has 9 heteroatoms. The Morgan fingerprint density at radius 3 is 2.65 bits per heavy atom. The molecule has 2 atom stereocenters. The van der Waals surface area contributed by atoms with Crippen molar-refractivity contribution >= 4 is 28.4 Å². The van der Waals surface area contributed by atoms with Crippen molar-refractivity contribution in [3.8, 4) is 11.1 Å². The van der Waals surface area contributed by atoms with E-state index < -0.39 is 0 Å². The van der Waals surface area contributed by atoms with Gasteiger partial charge in [-0.1, -0.05) is 43.5 Å². The summed E-state index contributed by atoms with van der Waals surface area (Å²) in [6.07, 6.45) is 6.05. The van der Waals surface area contributed by atoms with Gasteiger partial charge in [0.1, 0.15) is 6.33 Å². The van der Waals surface area contributed by atoms with Crippen molar-refractivity contribution < 1.29 is 4.74 Å². The molecular formula is C22H23ClN6O2. The summed E-state index contributed by atoms with van der Waals surface area (Å²) in [6.45, 7) is 2.48. The Balaban J connectivity index is 1.71. The molecule has 160 valence electrons. The smallest absolute Gasteiger partial charge is 0.283 e. The molecule has 4 aromatic rings. The molecule has 0 spiro atoms. The highest BCUT2D eigenvalue weighted by Crippen LogP contribution is 2.33. The fourth-order valence-electron chi connectivity index (χ4n) is 4.58. The Bertz CT molecular complexity index is 1310. The lowest BCUT2D eigenvalue weighted by atomic mass is 9.86. The zero-order valence-corrected chi connectivity index (χ0v) is 18.2. The predicted octanol–water partition coefficient (Wildman–Crippen LogP) is 4.05. The molecule has 0 amide bonds. The van der Waals surface area contributed by atoms with Gasteiger partial charge in [0.2, 0.25) is 0 Å². The third kappa shape index (κ3) is 3.40. The lowest BCUT2D eigenvalue weighted by Crippen LogP contribution is -2.31. The summed E-state index contributed by atoms with van der Waals surface area (Å²) in [5, 5.41) is 14.0. The van der Waals surface area contributed by atoms with Crippen LogP contribution in [0.4, 0.5) is 0 Å². The summed E-state index contributed by atoms with van der Waals surface area (Å²) >= 11 is 6.06. The van der Waals surface area contributed by atoms with Gasteiger partial charge in [-0.15, -0.1) is 10.2 Å². The van der Waals surface area contributed by atoms with Gasteiger partial charge < -0.3 is 4.74 Å². The van der Waals surface area contributed by atoms with Gasteiger partial charge in [-0.2, -0.15) is 9.61 Å². The molecule has 1 saturated carbocycles. The van der Waals surface area contributed by atoms with Crippen LogP contribution in [-0.4, -0.2) is 36.5 Å². The van der Waals surface area contributed by atoms with E-state index in [1.807, 2.05) is 24.3 Å². The number of aromatic nitrogens is 6. The molecule has 5 rings (SSSR count). The zero-order valence-electron chi connectivity index (χ0n) is 17.5. The van der Waals surface area contributed by atoms with Crippen molar-refractivity contribution in [2.24, 2.45) is 5.92 Å². The van der Waals surface area contributed by atoms with Gasteiger partial charge in [0.25, 0.3) is 5.56 Å². The lowest BCUT2D eigenvalue weighted by Gasteiger charge is -2.29. The van der Waals surface area contributed by atoms with E-state index >= 15 is 0 Å². The number of halogens is 1. The van der Waals surface area contributed by atoms with Crippen LogP contribution in [0.2, 0.25) is 5.02 Å². The number of fused-ring (bicyclic) bond motifs is 3. The van der Waals surface area contributed by atoms with E-state index in [0.29, 0.717) is 34.5 Å². The quantitative estimate of drug-likeness (QED) is 0.477. The predicted molar refractivity (Wildman–Crippen MR) is 118 cm³/mol. The van der Waals surface area contributed by atoms with Gasteiger partial charge in [0.05, 0.1) is 17.9 Å². The molecule has 0 radical (unpaired) electrons. The average Bonchev–Trinajstić information content (AvgIpc) is 3.14. The molecule has 0 bridgehead atoms. The van der Waals surface area contributed by atoms with E-state index in [9.17, 15) is 4.79 Å². The molecule has 3 aromatic heterocycles. The summed E-state index contributed by atoms with van der Waals surface area (Å²) in [6, 6.07) is 7.57. The van der Waals surface area contributed by atoms with Crippen LogP contribution in [-0.2, 0) is 11.3 Å². The largest absolute Gasteiger partial charge is 0.378 e. The Hall–Kier alpha value is -2.84. The van der Waals surface area contributed by atoms with Crippen LogP contribution in [0.3, 0.4) is 0 Å². The summed E-state index contributed by atoms with van der Waals surface area (Å²) in [4.78, 5) is 17.9. The van der Waals surface area contributed by atoms with Crippen molar-refractivity contribution in [3.63, 3.8) is 0 Å². The number of nitrogens with zero attached hydrogens (tertiary/aromatic N) is 6. The molecule has 1 aliphatic carbocycles. The first kappa shape index (κ1) is 20.1. The Kier molecular flexibility index (Phi) is 5.19. The van der Waals surface area contributed by atoms with Crippen LogP contribution >= 0.6 is 11.6 Å². The molecule has 0 saturated heterocycles. The fraction of sp³-hybridized carbons (Fsp3) is 0.409. The van der Waals surface area contributed by atoms with Gasteiger partial charge >= 0.3 is 0 Å². The van der Waals surface area contributed by atoms with Crippen LogP contribution in [0.15, 0.2) is 35.4 Å². The molecule has 31 heavy (non-hydrogen) atoms. The molecule has 1 aromatic carbocycles. The fourth-order valence-corrected chi connectivity index (χ4v) is 4.70. The number of hydrogen-bond acceptors (Lipinski definition) is 6. The van der Waals surface area contributed by atoms with Crippen molar-refractivity contribution in [2.45, 2.75) is 45.3 Å². The van der Waals surface area contributed by atoms with Gasteiger partial charge in [0, 0.05) is 18.2 Å². The zero-order chi connectivity index (χ0) is 21.5. The van der Waals surface area contributed by atoms with Gasteiger partial charge in [-0.25, -0.2) is 4.98 Å². The topological polar surface area (TPSA) is 87.2 Å². The second-order valence-corrected chi connectivity index (χ2v) is 8.59. The van der Waals surface area contributed by atoms with Crippen molar-refractivity contribution in [1.82, 2.24) is 29.4 Å². The minimum Gasteiger partial charge on any atom is -0.378 e. The van der Waals surface area contributed by atoms with E-state index in [0.717, 1.165) is 30.4 Å². The maximum absolute atomic E-state index is 13.3. The van der Waals surface area contributed by atoms with E-state index in [1.54, 1.807) is 22.5 Å². The standard InChI is InChI=1S/C22H23ClN6O2/c1-13-5-3-4-6-17(13)28-12-24-21-19(22(28)30)25-26-20-18(14-7-9-15(23)10-8-14)16(11-31-2)27-29(20)21/h7-10,12-13,17H,3-6,11H2,1-2H3. The maximum Gasteiger partial charge on any atom is 0.283 e. The van der Waals surface area contributed by atoms with Gasteiger partial charge in [-0.05, 0) is 36.5 Å². The van der Waals surface area contributed by atoms with Crippen LogP contribution in [0, 0.1) is 5.92 Å². The van der Waals surface area contributed by atoms with Crippen molar-refractivity contribution in [3.05, 3.63) is 51.7 Å². The van der Waals surface area contributed by atoms with Crippen molar-refractivity contribution in [1.29, 1.82) is 0 Å². The van der Waals surface area contributed by atoms with Crippen molar-refractivity contribution in [2.75, 3.05) is 7.11 Å². The van der Waals surface area contributed by atoms with Crippen LogP contribution in [0.1, 0.15) is 44.3 Å². The highest BCUT2D eigenvalue weighted by Gasteiger charge is 2.26. The van der Waals surface area contributed by atoms with E-state index in [-0.39, 0.29) is 17.1 Å². The Labute approximate surface area is 183 Å². The first-order valence-electron chi connectivity index (χ1n) is 10.5. The first-order chi connectivity index (χ1) is 15.1. The highest BCUT2D eigenvalue weighted by molar-refractivity contribution is 6.30. The number of rotatable bonds is 4. The third-order valence-electron chi connectivity index (χ3n) is 6.17. The number of hydrogen-bond donors (Lipinski definition) is 0. The van der Waals surface area contributed by atoms with Gasteiger partial charge in [-0.3, -0.25) is 9.36 Å². The van der Waals surface area contributed by atoms with Crippen LogP contribution in [0.5, 0.6) is 0 Å². The van der Waals surface area contributed by atoms with Crippen LogP contribution in [0.25, 0.3) is 27.9 Å². The molecule has 8 nitrogen and oxygen atoms in total. The second-order valence-electron chi connectivity index (χ2n) is 8.16. The molecule has 1 fully saturated rings. The Morgan fingerprint density at radius 2 is 1.90 bits per heavy atom. The molecule has 2 unspecified atom stereocenters. The summed E-state index contributed by atoms with van der Waals surface area (Å²) in [7, 11) is 1.61. The van der Waals surface area contributed by atoms with Gasteiger partial charge in [0.15, 0.2) is 16.8 Å². The summed E-state index contributed by atoms with van der Waals surface area (Å²) < 4.78 is 8.68. The molecule has 1 aliphatic rings. The number of ether oxygens (including phenoxy) is 1. The van der Waals surface area contributed by atoms with E-state index in [4.69, 9.17) is 16.3 Å². The first-order valence-corrected chi connectivity index (χ1v) is 10.9. The third-order valence-corrected chi connectivity index (χ3v) is 6.42. The number of benzene rings is 1. The lowest BCUT2D eigenvalue weighted by molar-refractivity contribution is 0.181. The summed E-state index contributed by atoms with van der Waals surface area (Å²) in [5.41, 5.74) is 3.35. The number of methoxy groups -OCH3 is 1. The van der Waals surface area contributed by atoms with E-state index in [2.05, 4.69) is 27.2 Å². The monoisotopic (exact) mass is 438 g/mol. The maximum atomic E-state index is 13.3. The molecule has 3 heterocycles. The minimum absolute atomic E-state index is 0.141. The normalized spacial score (nSPS) is 19.3. The average molecular weight is 439 g/mol. The van der Waals surface area contributed by atoms with E-state index in [1.165, 1.54) is 6.42 Å². The Morgan fingerprint density at radius 1 is 1.13 bits per heavy atom. The highest BCUT2D eigenvalue weighted by atomic mass is 35.5. The molecular weight excluding hydrogens is 416 g/mol. The second kappa shape index (κ2) is 8.01. The summed E-state index contributed by atoms with van der Waals surface area (Å²) in [5.74, 6) is 0.428.